The van der Waals surface area contributed by atoms with Crippen LogP contribution in [0.5, 0.6) is 17.4 Å². The van der Waals surface area contributed by atoms with Crippen LogP contribution in [0.3, 0.4) is 0 Å². The van der Waals surface area contributed by atoms with Crippen LogP contribution in [0.15, 0.2) is 78.9 Å². The molecule has 248 valence electrons. The summed E-state index contributed by atoms with van der Waals surface area (Å²) in [5.74, 6) is 1.64. The number of piperazine rings is 1. The third-order valence-corrected chi connectivity index (χ3v) is 9.36. The molecule has 1 saturated heterocycles. The average molecular weight is 687 g/mol. The molecule has 1 aliphatic rings. The average Bonchev–Trinajstić information content (AvgIpc) is 3.41. The summed E-state index contributed by atoms with van der Waals surface area (Å²) in [6.45, 7) is 8.25. The van der Waals surface area contributed by atoms with E-state index < -0.39 is 0 Å². The topological polar surface area (TPSA) is 80.1 Å². The predicted octanol–water partition coefficient (Wildman–Crippen LogP) is 7.61. The molecule has 48 heavy (non-hydrogen) atoms. The number of hydrogen-bond acceptors (Lipinski definition) is 6. The fraction of sp³-hybridized carbons (Fsp3) is 0.270. The fourth-order valence-corrected chi connectivity index (χ4v) is 6.28. The molecule has 0 atom stereocenters. The number of ether oxygens (including phenoxy) is 2. The molecule has 0 N–H and O–H groups in total. The predicted molar refractivity (Wildman–Crippen MR) is 190 cm³/mol. The van der Waals surface area contributed by atoms with Crippen molar-refractivity contribution in [2.45, 2.75) is 20.4 Å². The number of aryl methyl sites for hydroxylation is 2. The molecule has 5 aromatic rings. The second-order valence-electron chi connectivity index (χ2n) is 11.8. The summed E-state index contributed by atoms with van der Waals surface area (Å²) in [6.07, 6.45) is 0. The quantitative estimate of drug-likeness (QED) is 0.159. The van der Waals surface area contributed by atoms with Crippen LogP contribution < -0.4 is 14.4 Å². The van der Waals surface area contributed by atoms with Crippen molar-refractivity contribution in [1.29, 1.82) is 0 Å². The summed E-state index contributed by atoms with van der Waals surface area (Å²) < 4.78 is 13.6. The van der Waals surface area contributed by atoms with Crippen molar-refractivity contribution in [2.24, 2.45) is 7.05 Å². The van der Waals surface area contributed by atoms with Gasteiger partial charge in [-0.3, -0.25) is 14.5 Å². The molecule has 11 heteroatoms. The van der Waals surface area contributed by atoms with E-state index in [4.69, 9.17) is 32.7 Å². The maximum atomic E-state index is 13.6. The Hall–Kier alpha value is -4.57. The first-order valence-electron chi connectivity index (χ1n) is 15.8. The molecule has 2 amide bonds. The van der Waals surface area contributed by atoms with Crippen LogP contribution >= 0.6 is 23.2 Å². The first-order chi connectivity index (χ1) is 23.1. The minimum absolute atomic E-state index is 0.0179. The van der Waals surface area contributed by atoms with E-state index in [0.717, 1.165) is 36.3 Å². The first-order valence-corrected chi connectivity index (χ1v) is 16.6. The first kappa shape index (κ1) is 33.3. The van der Waals surface area contributed by atoms with E-state index >= 15 is 0 Å². The minimum Gasteiger partial charge on any atom is -0.494 e. The second kappa shape index (κ2) is 14.3. The number of fused-ring (bicyclic) bond motifs is 1. The van der Waals surface area contributed by atoms with Crippen molar-refractivity contribution in [3.8, 4) is 17.4 Å². The van der Waals surface area contributed by atoms with Gasteiger partial charge in [-0.1, -0.05) is 35.3 Å². The van der Waals surface area contributed by atoms with Gasteiger partial charge in [0.15, 0.2) is 0 Å². The van der Waals surface area contributed by atoms with Crippen LogP contribution in [0.25, 0.3) is 10.9 Å². The van der Waals surface area contributed by atoms with Gasteiger partial charge in [-0.05, 0) is 80.1 Å². The van der Waals surface area contributed by atoms with Gasteiger partial charge in [-0.25, -0.2) is 4.98 Å². The lowest BCUT2D eigenvalue weighted by Crippen LogP contribution is -2.48. The molecule has 2 aromatic heterocycles. The highest BCUT2D eigenvalue weighted by atomic mass is 35.5. The lowest BCUT2D eigenvalue weighted by Gasteiger charge is -2.34. The van der Waals surface area contributed by atoms with Crippen molar-refractivity contribution in [3.63, 3.8) is 0 Å². The van der Waals surface area contributed by atoms with Crippen LogP contribution in [-0.2, 0) is 13.6 Å². The normalized spacial score (nSPS) is 13.5. The van der Waals surface area contributed by atoms with Gasteiger partial charge in [0.25, 0.3) is 11.8 Å². The largest absolute Gasteiger partial charge is 0.494 e. The zero-order valence-corrected chi connectivity index (χ0v) is 28.9. The van der Waals surface area contributed by atoms with Gasteiger partial charge in [0, 0.05) is 69.4 Å². The van der Waals surface area contributed by atoms with Gasteiger partial charge in [0.2, 0.25) is 5.88 Å². The van der Waals surface area contributed by atoms with Crippen molar-refractivity contribution in [3.05, 3.63) is 111 Å². The van der Waals surface area contributed by atoms with Crippen LogP contribution in [0.2, 0.25) is 10.0 Å². The standard InChI is InChI=1S/C37H37Cl2N5O4/c1-5-47-28-9-6-25(7-10-28)23-43-16-18-44(19-17-43)37(46)34-22-27-20-29(11-13-33(27)41(34)3)48-35-15-14-32(24(2)40-35)42(4)36(45)26-8-12-30(38)31(39)21-26/h6-15,20-22H,5,16-19,23H2,1-4H3. The lowest BCUT2D eigenvalue weighted by atomic mass is 10.2. The number of anilines is 1. The molecule has 1 fully saturated rings. The highest BCUT2D eigenvalue weighted by molar-refractivity contribution is 6.42. The summed E-state index contributed by atoms with van der Waals surface area (Å²) in [5.41, 5.74) is 4.47. The molecule has 0 aliphatic carbocycles. The Morgan fingerprint density at radius 3 is 2.29 bits per heavy atom. The molecule has 3 heterocycles. The molecule has 0 radical (unpaired) electrons. The van der Waals surface area contributed by atoms with Gasteiger partial charge < -0.3 is 23.8 Å². The van der Waals surface area contributed by atoms with E-state index in [9.17, 15) is 9.59 Å². The highest BCUT2D eigenvalue weighted by Gasteiger charge is 2.25. The third kappa shape index (κ3) is 7.13. The Bertz CT molecular complexity index is 1970. The van der Waals surface area contributed by atoms with E-state index in [1.807, 2.05) is 66.8 Å². The van der Waals surface area contributed by atoms with Gasteiger partial charge in [-0.15, -0.1) is 0 Å². The number of carbonyl (C=O) groups is 2. The van der Waals surface area contributed by atoms with Crippen LogP contribution in [0.1, 0.15) is 39.0 Å². The van der Waals surface area contributed by atoms with Gasteiger partial charge >= 0.3 is 0 Å². The van der Waals surface area contributed by atoms with E-state index in [-0.39, 0.29) is 11.8 Å². The van der Waals surface area contributed by atoms with Gasteiger partial charge in [0.1, 0.15) is 17.2 Å². The molecule has 0 saturated carbocycles. The number of pyridine rings is 1. The third-order valence-electron chi connectivity index (χ3n) is 8.62. The Morgan fingerprint density at radius 2 is 1.60 bits per heavy atom. The molecule has 0 spiro atoms. The number of rotatable bonds is 9. The monoisotopic (exact) mass is 685 g/mol. The van der Waals surface area contributed by atoms with Crippen LogP contribution in [0.4, 0.5) is 5.69 Å². The molecule has 9 nitrogen and oxygen atoms in total. The summed E-state index contributed by atoms with van der Waals surface area (Å²) in [7, 11) is 3.60. The molecular weight excluding hydrogens is 649 g/mol. The Kier molecular flexibility index (Phi) is 9.91. The van der Waals surface area contributed by atoms with Gasteiger partial charge in [-0.2, -0.15) is 0 Å². The summed E-state index contributed by atoms with van der Waals surface area (Å²) in [5, 5.41) is 1.60. The number of halogens is 2. The number of aromatic nitrogens is 2. The number of hydrogen-bond donors (Lipinski definition) is 0. The molecule has 3 aromatic carbocycles. The molecular formula is C37H37Cl2N5O4. The summed E-state index contributed by atoms with van der Waals surface area (Å²) in [4.78, 5) is 37.1. The number of benzene rings is 3. The van der Waals surface area contributed by atoms with Crippen molar-refractivity contribution < 1.29 is 19.1 Å². The van der Waals surface area contributed by atoms with E-state index in [1.54, 1.807) is 37.4 Å². The molecule has 1 aliphatic heterocycles. The maximum absolute atomic E-state index is 13.6. The molecule has 0 unspecified atom stereocenters. The van der Waals surface area contributed by atoms with Crippen molar-refractivity contribution in [1.82, 2.24) is 19.4 Å². The molecule has 0 bridgehead atoms. The lowest BCUT2D eigenvalue weighted by molar-refractivity contribution is 0.0619. The summed E-state index contributed by atoms with van der Waals surface area (Å²) >= 11 is 12.1. The van der Waals surface area contributed by atoms with E-state index in [2.05, 4.69) is 22.0 Å². The Balaban J connectivity index is 1.09. The van der Waals surface area contributed by atoms with Crippen molar-refractivity contribution >= 4 is 51.6 Å². The maximum Gasteiger partial charge on any atom is 0.270 e. The SMILES string of the molecule is CCOc1ccc(CN2CCN(C(=O)c3cc4cc(Oc5ccc(N(C)C(=O)c6ccc(Cl)c(Cl)c6)c(C)n5)ccc4n3C)CC2)cc1. The highest BCUT2D eigenvalue weighted by Crippen LogP contribution is 2.30. The Morgan fingerprint density at radius 1 is 0.875 bits per heavy atom. The van der Waals surface area contributed by atoms with Crippen LogP contribution in [-0.4, -0.2) is 71.0 Å². The number of carbonyl (C=O) groups excluding carboxylic acids is 2. The number of nitrogens with zero attached hydrogens (tertiary/aromatic N) is 5. The van der Waals surface area contributed by atoms with Crippen molar-refractivity contribution in [2.75, 3.05) is 44.7 Å². The van der Waals surface area contributed by atoms with Crippen LogP contribution in [0, 0.1) is 6.92 Å². The smallest absolute Gasteiger partial charge is 0.270 e. The zero-order valence-electron chi connectivity index (χ0n) is 27.4. The van der Waals surface area contributed by atoms with E-state index in [1.165, 1.54) is 10.5 Å². The second-order valence-corrected chi connectivity index (χ2v) is 12.6. The van der Waals surface area contributed by atoms with Gasteiger partial charge in [0.05, 0.1) is 28.0 Å². The Labute approximate surface area is 290 Å². The summed E-state index contributed by atoms with van der Waals surface area (Å²) in [6, 6.07) is 24.2. The van der Waals surface area contributed by atoms with E-state index in [0.29, 0.717) is 64.0 Å². The number of amides is 2. The minimum atomic E-state index is -0.238. The molecule has 6 rings (SSSR count). The fourth-order valence-electron chi connectivity index (χ4n) is 5.98. The zero-order chi connectivity index (χ0) is 33.9.